The second kappa shape index (κ2) is 5.70. The zero-order chi connectivity index (χ0) is 8.65. The van der Waals surface area contributed by atoms with Crippen molar-refractivity contribution in [2.24, 2.45) is 0 Å². The predicted octanol–water partition coefficient (Wildman–Crippen LogP) is 2.40. The average molecular weight is 163 g/mol. The van der Waals surface area contributed by atoms with Gasteiger partial charge in [-0.1, -0.05) is 26.2 Å². The standard InChI is InChI=1S/C10H15N2/c1-2-3-4-5-6-10-7-11-9-12-8-10/h7-8H,2-6H2,1H3. The number of unbranched alkanes of at least 4 members (excludes halogenated alkanes) is 3. The van der Waals surface area contributed by atoms with Crippen LogP contribution in [0.4, 0.5) is 0 Å². The van der Waals surface area contributed by atoms with Crippen LogP contribution in [0, 0.1) is 6.33 Å². The van der Waals surface area contributed by atoms with Gasteiger partial charge in [-0.25, -0.2) is 9.97 Å². The van der Waals surface area contributed by atoms with Crippen molar-refractivity contribution in [2.75, 3.05) is 0 Å². The van der Waals surface area contributed by atoms with E-state index in [-0.39, 0.29) is 0 Å². The minimum atomic E-state index is 1.11. The lowest BCUT2D eigenvalue weighted by molar-refractivity contribution is 0.665. The monoisotopic (exact) mass is 163 g/mol. The number of nitrogens with zero attached hydrogens (tertiary/aromatic N) is 2. The van der Waals surface area contributed by atoms with Gasteiger partial charge in [-0.15, -0.1) is 0 Å². The van der Waals surface area contributed by atoms with Crippen LogP contribution in [0.3, 0.4) is 0 Å². The Morgan fingerprint density at radius 2 is 1.92 bits per heavy atom. The molecule has 0 aliphatic carbocycles. The largest absolute Gasteiger partial charge is 0.234 e. The second-order valence-corrected chi connectivity index (χ2v) is 3.00. The Bertz CT molecular complexity index is 196. The average Bonchev–Trinajstić information content (AvgIpc) is 2.14. The summed E-state index contributed by atoms with van der Waals surface area (Å²) in [4.78, 5) is 7.69. The smallest absolute Gasteiger partial charge is 0.197 e. The maximum atomic E-state index is 3.85. The maximum Gasteiger partial charge on any atom is 0.197 e. The fraction of sp³-hybridized carbons (Fsp3) is 0.600. The lowest BCUT2D eigenvalue weighted by Crippen LogP contribution is -1.88. The van der Waals surface area contributed by atoms with Gasteiger partial charge in [0, 0.05) is 12.4 Å². The molecule has 12 heavy (non-hydrogen) atoms. The molecule has 0 atom stereocenters. The fourth-order valence-electron chi connectivity index (χ4n) is 1.18. The van der Waals surface area contributed by atoms with E-state index in [0.29, 0.717) is 0 Å². The molecule has 0 aromatic carbocycles. The SMILES string of the molecule is CCCCCCc1cn[c]nc1. The van der Waals surface area contributed by atoms with Crippen molar-refractivity contribution in [1.82, 2.24) is 9.97 Å². The van der Waals surface area contributed by atoms with E-state index in [1.807, 2.05) is 12.4 Å². The van der Waals surface area contributed by atoms with E-state index in [4.69, 9.17) is 0 Å². The van der Waals surface area contributed by atoms with Crippen molar-refractivity contribution in [3.05, 3.63) is 24.3 Å². The lowest BCUT2D eigenvalue weighted by Gasteiger charge is -1.98. The van der Waals surface area contributed by atoms with E-state index in [1.54, 1.807) is 0 Å². The summed E-state index contributed by atoms with van der Waals surface area (Å²) < 4.78 is 0. The highest BCUT2D eigenvalue weighted by Crippen LogP contribution is 2.04. The molecule has 2 nitrogen and oxygen atoms in total. The summed E-state index contributed by atoms with van der Waals surface area (Å²) >= 11 is 0. The van der Waals surface area contributed by atoms with Crippen LogP contribution in [0.2, 0.25) is 0 Å². The summed E-state index contributed by atoms with van der Waals surface area (Å²) in [5.74, 6) is 0. The van der Waals surface area contributed by atoms with Crippen LogP contribution >= 0.6 is 0 Å². The van der Waals surface area contributed by atoms with Crippen molar-refractivity contribution in [3.8, 4) is 0 Å². The Hall–Kier alpha value is -0.920. The maximum absolute atomic E-state index is 3.85. The number of hydrogen-bond donors (Lipinski definition) is 0. The summed E-state index contributed by atoms with van der Waals surface area (Å²) in [7, 11) is 0. The quantitative estimate of drug-likeness (QED) is 0.623. The second-order valence-electron chi connectivity index (χ2n) is 3.00. The van der Waals surface area contributed by atoms with Gasteiger partial charge >= 0.3 is 0 Å². The first-order valence-corrected chi connectivity index (χ1v) is 4.60. The topological polar surface area (TPSA) is 25.8 Å². The van der Waals surface area contributed by atoms with Gasteiger partial charge in [0.15, 0.2) is 6.33 Å². The fourth-order valence-corrected chi connectivity index (χ4v) is 1.18. The highest BCUT2D eigenvalue weighted by atomic mass is 14.8. The Morgan fingerprint density at radius 1 is 1.17 bits per heavy atom. The van der Waals surface area contributed by atoms with Gasteiger partial charge in [0.1, 0.15) is 0 Å². The molecule has 1 radical (unpaired) electrons. The number of aromatic nitrogens is 2. The highest BCUT2D eigenvalue weighted by molar-refractivity contribution is 5.01. The Kier molecular flexibility index (Phi) is 4.35. The van der Waals surface area contributed by atoms with Crippen LogP contribution in [0.5, 0.6) is 0 Å². The first kappa shape index (κ1) is 9.17. The Morgan fingerprint density at radius 3 is 2.58 bits per heavy atom. The van der Waals surface area contributed by atoms with Gasteiger partial charge in [-0.2, -0.15) is 0 Å². The van der Waals surface area contributed by atoms with Crippen molar-refractivity contribution >= 4 is 0 Å². The molecule has 0 saturated carbocycles. The van der Waals surface area contributed by atoms with Crippen LogP contribution in [0.1, 0.15) is 38.2 Å². The molecule has 1 rings (SSSR count). The minimum absolute atomic E-state index is 1.11. The summed E-state index contributed by atoms with van der Waals surface area (Å²) in [6, 6.07) is 0. The number of rotatable bonds is 5. The van der Waals surface area contributed by atoms with E-state index in [1.165, 1.54) is 31.2 Å². The van der Waals surface area contributed by atoms with Crippen LogP contribution in [0.25, 0.3) is 0 Å². The molecule has 0 unspecified atom stereocenters. The molecule has 0 aliphatic rings. The molecule has 0 fully saturated rings. The van der Waals surface area contributed by atoms with Crippen molar-refractivity contribution < 1.29 is 0 Å². The van der Waals surface area contributed by atoms with E-state index in [9.17, 15) is 0 Å². The van der Waals surface area contributed by atoms with E-state index in [2.05, 4.69) is 23.2 Å². The molecular formula is C10H15N2. The predicted molar refractivity (Wildman–Crippen MR) is 48.7 cm³/mol. The van der Waals surface area contributed by atoms with Gasteiger partial charge in [0.2, 0.25) is 0 Å². The number of hydrogen-bond acceptors (Lipinski definition) is 2. The van der Waals surface area contributed by atoms with Gasteiger partial charge < -0.3 is 0 Å². The molecule has 65 valence electrons. The Labute approximate surface area is 74.1 Å². The minimum Gasteiger partial charge on any atom is -0.234 e. The van der Waals surface area contributed by atoms with Crippen molar-refractivity contribution in [1.29, 1.82) is 0 Å². The van der Waals surface area contributed by atoms with E-state index >= 15 is 0 Å². The first-order chi connectivity index (χ1) is 5.93. The molecular weight excluding hydrogens is 148 g/mol. The molecule has 0 amide bonds. The third kappa shape index (κ3) is 3.46. The first-order valence-electron chi connectivity index (χ1n) is 4.60. The number of aryl methyl sites for hydroxylation is 1. The normalized spacial score (nSPS) is 10.1. The molecule has 0 aliphatic heterocycles. The zero-order valence-electron chi connectivity index (χ0n) is 7.58. The van der Waals surface area contributed by atoms with Crippen LogP contribution in [0.15, 0.2) is 12.4 Å². The van der Waals surface area contributed by atoms with Gasteiger partial charge in [-0.05, 0) is 18.4 Å². The van der Waals surface area contributed by atoms with Crippen LogP contribution in [-0.2, 0) is 6.42 Å². The Balaban J connectivity index is 2.16. The summed E-state index contributed by atoms with van der Waals surface area (Å²) in [5, 5.41) is 0. The molecule has 0 saturated heterocycles. The van der Waals surface area contributed by atoms with Gasteiger partial charge in [-0.3, -0.25) is 0 Å². The van der Waals surface area contributed by atoms with E-state index < -0.39 is 0 Å². The third-order valence-corrected chi connectivity index (χ3v) is 1.90. The van der Waals surface area contributed by atoms with Crippen molar-refractivity contribution in [3.63, 3.8) is 0 Å². The molecule has 2 heteroatoms. The summed E-state index contributed by atoms with van der Waals surface area (Å²) in [6.07, 6.45) is 12.5. The molecule has 0 N–H and O–H groups in total. The molecule has 1 aromatic rings. The summed E-state index contributed by atoms with van der Waals surface area (Å²) in [6.45, 7) is 2.22. The molecule has 0 spiro atoms. The molecule has 1 aromatic heterocycles. The summed E-state index contributed by atoms with van der Waals surface area (Å²) in [5.41, 5.74) is 1.23. The van der Waals surface area contributed by atoms with Crippen LogP contribution < -0.4 is 0 Å². The zero-order valence-corrected chi connectivity index (χ0v) is 7.58. The highest BCUT2D eigenvalue weighted by Gasteiger charge is 1.92. The van der Waals surface area contributed by atoms with Gasteiger partial charge in [0.25, 0.3) is 0 Å². The van der Waals surface area contributed by atoms with Crippen molar-refractivity contribution in [2.45, 2.75) is 39.0 Å². The van der Waals surface area contributed by atoms with Gasteiger partial charge in [0.05, 0.1) is 0 Å². The molecule has 0 bridgehead atoms. The lowest BCUT2D eigenvalue weighted by atomic mass is 10.1. The van der Waals surface area contributed by atoms with E-state index in [0.717, 1.165) is 6.42 Å². The molecule has 1 heterocycles. The third-order valence-electron chi connectivity index (χ3n) is 1.90. The van der Waals surface area contributed by atoms with Crippen LogP contribution in [-0.4, -0.2) is 9.97 Å².